The number of carbonyl (C=O) groups excluding carboxylic acids is 1. The van der Waals surface area contributed by atoms with Crippen molar-refractivity contribution in [3.8, 4) is 0 Å². The van der Waals surface area contributed by atoms with Crippen LogP contribution in [0.5, 0.6) is 0 Å². The van der Waals surface area contributed by atoms with Crippen molar-refractivity contribution in [2.75, 3.05) is 18.9 Å². The first-order valence-corrected chi connectivity index (χ1v) is 4.77. The fourth-order valence-corrected chi connectivity index (χ4v) is 1.10. The maximum Gasteiger partial charge on any atom is 0.321 e. The second-order valence-corrected chi connectivity index (χ2v) is 3.38. The third-order valence-corrected chi connectivity index (χ3v) is 1.97. The van der Waals surface area contributed by atoms with Crippen molar-refractivity contribution in [1.82, 2.24) is 4.90 Å². The van der Waals surface area contributed by atoms with Gasteiger partial charge < -0.3 is 21.2 Å². The van der Waals surface area contributed by atoms with E-state index in [0.717, 1.165) is 0 Å². The summed E-state index contributed by atoms with van der Waals surface area (Å²) >= 11 is 0. The molecule has 0 saturated carbocycles. The highest BCUT2D eigenvalue weighted by Gasteiger charge is 2.10. The quantitative estimate of drug-likeness (QED) is 0.319. The summed E-state index contributed by atoms with van der Waals surface area (Å²) in [6.07, 6.45) is 0. The molecule has 0 bridgehead atoms. The fraction of sp³-hybridized carbons (Fsp3) is 0.200. The van der Waals surface area contributed by atoms with Gasteiger partial charge in [-0.2, -0.15) is 0 Å². The SMILES string of the molecule is CN(CC(N)=NO)C(=O)Nc1ccc(F)cc1. The van der Waals surface area contributed by atoms with Crippen LogP contribution in [-0.2, 0) is 0 Å². The zero-order valence-corrected chi connectivity index (χ0v) is 9.22. The lowest BCUT2D eigenvalue weighted by Crippen LogP contribution is -2.38. The number of carbonyl (C=O) groups is 1. The third-order valence-electron chi connectivity index (χ3n) is 1.97. The van der Waals surface area contributed by atoms with Crippen LogP contribution in [0.1, 0.15) is 0 Å². The standard InChI is InChI=1S/C10H13FN4O2/c1-15(6-9(12)14-17)10(16)13-8-4-2-7(11)3-5-8/h2-5,17H,6H2,1H3,(H2,12,14)(H,13,16). The molecule has 0 radical (unpaired) electrons. The molecular formula is C10H13FN4O2. The van der Waals surface area contributed by atoms with Crippen molar-refractivity contribution in [2.24, 2.45) is 10.9 Å². The van der Waals surface area contributed by atoms with E-state index in [-0.39, 0.29) is 18.2 Å². The highest BCUT2D eigenvalue weighted by atomic mass is 19.1. The highest BCUT2D eigenvalue weighted by Crippen LogP contribution is 2.08. The average molecular weight is 240 g/mol. The number of likely N-dealkylation sites (N-methyl/N-ethyl adjacent to an activating group) is 1. The number of anilines is 1. The Kier molecular flexibility index (Phi) is 4.27. The molecule has 1 rings (SSSR count). The smallest absolute Gasteiger partial charge is 0.321 e. The Balaban J connectivity index is 2.57. The zero-order valence-electron chi connectivity index (χ0n) is 9.22. The summed E-state index contributed by atoms with van der Waals surface area (Å²) in [6.45, 7) is -0.0104. The van der Waals surface area contributed by atoms with Crippen LogP contribution in [0, 0.1) is 5.82 Å². The summed E-state index contributed by atoms with van der Waals surface area (Å²) in [4.78, 5) is 12.8. The number of amides is 2. The van der Waals surface area contributed by atoms with Crippen LogP contribution in [0.25, 0.3) is 0 Å². The van der Waals surface area contributed by atoms with Gasteiger partial charge in [0.25, 0.3) is 0 Å². The maximum absolute atomic E-state index is 12.6. The van der Waals surface area contributed by atoms with Crippen molar-refractivity contribution < 1.29 is 14.4 Å². The van der Waals surface area contributed by atoms with Crippen LogP contribution < -0.4 is 11.1 Å². The third kappa shape index (κ3) is 3.98. The van der Waals surface area contributed by atoms with Crippen LogP contribution in [0.4, 0.5) is 14.9 Å². The fourth-order valence-electron chi connectivity index (χ4n) is 1.10. The van der Waals surface area contributed by atoms with Gasteiger partial charge in [-0.05, 0) is 24.3 Å². The summed E-state index contributed by atoms with van der Waals surface area (Å²) in [5.74, 6) is -0.463. The Morgan fingerprint density at radius 3 is 2.65 bits per heavy atom. The minimum absolute atomic E-state index is 0.0104. The maximum atomic E-state index is 12.6. The molecular weight excluding hydrogens is 227 g/mol. The number of nitrogens with one attached hydrogen (secondary N) is 1. The molecule has 0 unspecified atom stereocenters. The molecule has 0 saturated heterocycles. The van der Waals surface area contributed by atoms with Crippen molar-refractivity contribution in [3.63, 3.8) is 0 Å². The molecule has 0 heterocycles. The molecule has 92 valence electrons. The lowest BCUT2D eigenvalue weighted by molar-refractivity contribution is 0.227. The minimum atomic E-state index is -0.441. The molecule has 2 amide bonds. The van der Waals surface area contributed by atoms with Gasteiger partial charge in [0, 0.05) is 12.7 Å². The number of rotatable bonds is 3. The molecule has 4 N–H and O–H groups in total. The van der Waals surface area contributed by atoms with E-state index in [9.17, 15) is 9.18 Å². The van der Waals surface area contributed by atoms with Crippen LogP contribution in [0.15, 0.2) is 29.4 Å². The van der Waals surface area contributed by atoms with E-state index in [1.165, 1.54) is 36.2 Å². The van der Waals surface area contributed by atoms with Crippen LogP contribution in [0.3, 0.4) is 0 Å². The second-order valence-electron chi connectivity index (χ2n) is 3.38. The van der Waals surface area contributed by atoms with Crippen LogP contribution >= 0.6 is 0 Å². The van der Waals surface area contributed by atoms with E-state index in [2.05, 4.69) is 10.5 Å². The summed E-state index contributed by atoms with van der Waals surface area (Å²) in [6, 6.07) is 4.90. The van der Waals surface area contributed by atoms with Gasteiger partial charge in [0.05, 0.1) is 6.54 Å². The summed E-state index contributed by atoms with van der Waals surface area (Å²) < 4.78 is 12.6. The van der Waals surface area contributed by atoms with Gasteiger partial charge in [-0.3, -0.25) is 0 Å². The first-order valence-electron chi connectivity index (χ1n) is 4.77. The topological polar surface area (TPSA) is 90.9 Å². The Bertz CT molecular complexity index is 419. The molecule has 7 heteroatoms. The van der Waals surface area contributed by atoms with E-state index < -0.39 is 6.03 Å². The van der Waals surface area contributed by atoms with Gasteiger partial charge >= 0.3 is 6.03 Å². The first kappa shape index (κ1) is 12.8. The molecule has 0 fully saturated rings. The van der Waals surface area contributed by atoms with Crippen LogP contribution in [-0.4, -0.2) is 35.6 Å². The highest BCUT2D eigenvalue weighted by molar-refractivity contribution is 5.92. The second kappa shape index (κ2) is 5.69. The number of nitrogens with two attached hydrogens (primary N) is 1. The molecule has 0 aliphatic carbocycles. The molecule has 0 aromatic heterocycles. The van der Waals surface area contributed by atoms with Crippen molar-refractivity contribution in [3.05, 3.63) is 30.1 Å². The zero-order chi connectivity index (χ0) is 12.8. The summed E-state index contributed by atoms with van der Waals surface area (Å²) in [5.41, 5.74) is 5.71. The van der Waals surface area contributed by atoms with E-state index in [1.54, 1.807) is 0 Å². The monoisotopic (exact) mass is 240 g/mol. The number of hydrogen-bond acceptors (Lipinski definition) is 3. The Morgan fingerprint density at radius 2 is 2.12 bits per heavy atom. The van der Waals surface area contributed by atoms with Crippen molar-refractivity contribution in [1.29, 1.82) is 0 Å². The minimum Gasteiger partial charge on any atom is -0.409 e. The molecule has 1 aromatic rings. The molecule has 0 aliphatic rings. The predicted octanol–water partition coefficient (Wildman–Crippen LogP) is 1.04. The number of nitrogens with zero attached hydrogens (tertiary/aromatic N) is 2. The number of urea groups is 1. The number of benzene rings is 1. The van der Waals surface area contributed by atoms with E-state index in [4.69, 9.17) is 10.9 Å². The van der Waals surface area contributed by atoms with Gasteiger partial charge in [-0.1, -0.05) is 5.16 Å². The normalized spacial score (nSPS) is 11.1. The molecule has 1 aromatic carbocycles. The van der Waals surface area contributed by atoms with E-state index >= 15 is 0 Å². The largest absolute Gasteiger partial charge is 0.409 e. The van der Waals surface area contributed by atoms with E-state index in [0.29, 0.717) is 5.69 Å². The lowest BCUT2D eigenvalue weighted by atomic mass is 10.3. The van der Waals surface area contributed by atoms with Crippen LogP contribution in [0.2, 0.25) is 0 Å². The van der Waals surface area contributed by atoms with Gasteiger partial charge in [0.15, 0.2) is 5.84 Å². The predicted molar refractivity (Wildman–Crippen MR) is 61.5 cm³/mol. The number of halogens is 1. The molecule has 0 aliphatic heterocycles. The Morgan fingerprint density at radius 1 is 1.53 bits per heavy atom. The van der Waals surface area contributed by atoms with Gasteiger partial charge in [-0.25, -0.2) is 9.18 Å². The first-order chi connectivity index (χ1) is 8.02. The van der Waals surface area contributed by atoms with Gasteiger partial charge in [0.1, 0.15) is 5.82 Å². The summed E-state index contributed by atoms with van der Waals surface area (Å²) in [5, 5.41) is 13.6. The number of hydrogen-bond donors (Lipinski definition) is 3. The van der Waals surface area contributed by atoms with Gasteiger partial charge in [-0.15, -0.1) is 0 Å². The Hall–Kier alpha value is -2.31. The molecule has 0 spiro atoms. The average Bonchev–Trinajstić information content (AvgIpc) is 2.31. The van der Waals surface area contributed by atoms with Gasteiger partial charge in [0.2, 0.25) is 0 Å². The molecule has 0 atom stereocenters. The van der Waals surface area contributed by atoms with Crippen molar-refractivity contribution >= 4 is 17.6 Å². The van der Waals surface area contributed by atoms with Crippen molar-refractivity contribution in [2.45, 2.75) is 0 Å². The Labute approximate surface area is 97.5 Å². The summed E-state index contributed by atoms with van der Waals surface area (Å²) in [7, 11) is 1.48. The lowest BCUT2D eigenvalue weighted by Gasteiger charge is -2.16. The number of amidine groups is 1. The molecule has 6 nitrogen and oxygen atoms in total. The molecule has 17 heavy (non-hydrogen) atoms. The van der Waals surface area contributed by atoms with E-state index in [1.807, 2.05) is 0 Å². The number of oxime groups is 1.